The zero-order valence-corrected chi connectivity index (χ0v) is 12.0. The molecule has 1 aromatic rings. The van der Waals surface area contributed by atoms with Crippen molar-refractivity contribution in [3.63, 3.8) is 0 Å². The fraction of sp³-hybridized carbons (Fsp3) is 0.588. The zero-order chi connectivity index (χ0) is 13.9. The molecule has 1 heterocycles. The predicted octanol–water partition coefficient (Wildman–Crippen LogP) is 3.26. The van der Waals surface area contributed by atoms with Crippen LogP contribution >= 0.6 is 0 Å². The van der Waals surface area contributed by atoms with Gasteiger partial charge < -0.3 is 10.0 Å². The number of fused-ring (bicyclic) bond motifs is 1. The number of anilines is 1. The zero-order valence-electron chi connectivity index (χ0n) is 12.0. The Morgan fingerprint density at radius 2 is 2.05 bits per heavy atom. The lowest BCUT2D eigenvalue weighted by molar-refractivity contribution is -0.137. The van der Waals surface area contributed by atoms with E-state index in [1.807, 2.05) is 0 Å². The highest BCUT2D eigenvalue weighted by Gasteiger charge is 2.23. The first-order valence-corrected chi connectivity index (χ1v) is 7.81. The second-order valence-corrected chi connectivity index (χ2v) is 6.19. The highest BCUT2D eigenvalue weighted by molar-refractivity contribution is 5.66. The molecule has 20 heavy (non-hydrogen) atoms. The van der Waals surface area contributed by atoms with Crippen molar-refractivity contribution in [3.05, 3.63) is 29.3 Å². The minimum absolute atomic E-state index is 0.308. The average molecular weight is 273 g/mol. The average Bonchev–Trinajstić information content (AvgIpc) is 2.93. The quantitative estimate of drug-likeness (QED) is 0.915. The topological polar surface area (TPSA) is 40.5 Å². The fourth-order valence-corrected chi connectivity index (χ4v) is 3.55. The Morgan fingerprint density at radius 3 is 2.85 bits per heavy atom. The number of rotatable bonds is 4. The highest BCUT2D eigenvalue weighted by Crippen LogP contribution is 2.30. The third kappa shape index (κ3) is 2.97. The fourth-order valence-electron chi connectivity index (χ4n) is 3.55. The summed E-state index contributed by atoms with van der Waals surface area (Å²) in [6.45, 7) is 2.09. The summed E-state index contributed by atoms with van der Waals surface area (Å²) >= 11 is 0. The number of carboxylic acid groups (broad SMARTS) is 1. The van der Waals surface area contributed by atoms with Crippen molar-refractivity contribution in [2.75, 3.05) is 18.0 Å². The molecule has 0 spiro atoms. The summed E-state index contributed by atoms with van der Waals surface area (Å²) in [5, 5.41) is 8.78. The summed E-state index contributed by atoms with van der Waals surface area (Å²) in [5.74, 6) is -0.126. The van der Waals surface area contributed by atoms with Crippen molar-refractivity contribution < 1.29 is 9.90 Å². The van der Waals surface area contributed by atoms with Crippen LogP contribution < -0.4 is 4.90 Å². The Labute approximate surface area is 120 Å². The molecule has 0 saturated carbocycles. The Hall–Kier alpha value is -1.51. The van der Waals surface area contributed by atoms with Crippen LogP contribution in [0.4, 0.5) is 5.69 Å². The van der Waals surface area contributed by atoms with E-state index in [9.17, 15) is 4.79 Å². The number of hydrogen-bond acceptors (Lipinski definition) is 2. The highest BCUT2D eigenvalue weighted by atomic mass is 16.4. The van der Waals surface area contributed by atoms with E-state index >= 15 is 0 Å². The summed E-state index contributed by atoms with van der Waals surface area (Å²) in [6, 6.07) is 6.92. The largest absolute Gasteiger partial charge is 0.481 e. The van der Waals surface area contributed by atoms with Crippen LogP contribution in [0.1, 0.15) is 43.2 Å². The van der Waals surface area contributed by atoms with Gasteiger partial charge in [0.1, 0.15) is 0 Å². The van der Waals surface area contributed by atoms with E-state index < -0.39 is 5.97 Å². The number of aryl methyl sites for hydroxylation is 2. The standard InChI is InChI=1S/C17H23NO2/c19-17(20)8-5-13-9-10-18(12-13)16-7-6-14-3-1-2-4-15(14)11-16/h6-7,11,13H,1-5,8-10,12H2,(H,19,20). The number of benzene rings is 1. The lowest BCUT2D eigenvalue weighted by atomic mass is 9.91. The molecule has 1 unspecified atom stereocenters. The molecule has 0 amide bonds. The molecule has 108 valence electrons. The van der Waals surface area contributed by atoms with Gasteiger partial charge in [0.25, 0.3) is 0 Å². The van der Waals surface area contributed by atoms with E-state index in [1.165, 1.54) is 42.5 Å². The lowest BCUT2D eigenvalue weighted by Crippen LogP contribution is -2.20. The van der Waals surface area contributed by atoms with Crippen LogP contribution in [0, 0.1) is 5.92 Å². The third-order valence-corrected chi connectivity index (χ3v) is 4.75. The molecular formula is C17H23NO2. The van der Waals surface area contributed by atoms with E-state index in [0.29, 0.717) is 12.3 Å². The van der Waals surface area contributed by atoms with Crippen LogP contribution in [0.2, 0.25) is 0 Å². The summed E-state index contributed by atoms with van der Waals surface area (Å²) in [6.07, 6.45) is 7.35. The Balaban J connectivity index is 1.64. The normalized spacial score (nSPS) is 21.8. The van der Waals surface area contributed by atoms with E-state index in [-0.39, 0.29) is 0 Å². The molecule has 0 aromatic heterocycles. The molecule has 0 radical (unpaired) electrons. The molecule has 1 fully saturated rings. The van der Waals surface area contributed by atoms with Crippen LogP contribution in [-0.2, 0) is 17.6 Å². The first-order valence-electron chi connectivity index (χ1n) is 7.81. The maximum atomic E-state index is 10.7. The summed E-state index contributed by atoms with van der Waals surface area (Å²) in [5.41, 5.74) is 4.40. The molecule has 1 N–H and O–H groups in total. The predicted molar refractivity (Wildman–Crippen MR) is 80.3 cm³/mol. The van der Waals surface area contributed by atoms with Gasteiger partial charge in [-0.25, -0.2) is 0 Å². The van der Waals surface area contributed by atoms with Crippen LogP contribution in [0.3, 0.4) is 0 Å². The summed E-state index contributed by atoms with van der Waals surface area (Å²) < 4.78 is 0. The van der Waals surface area contributed by atoms with Crippen molar-refractivity contribution in [2.45, 2.75) is 44.9 Å². The second kappa shape index (κ2) is 5.86. The molecule has 1 aliphatic heterocycles. The summed E-state index contributed by atoms with van der Waals surface area (Å²) in [7, 11) is 0. The van der Waals surface area contributed by atoms with Gasteiger partial charge in [-0.05, 0) is 67.7 Å². The van der Waals surface area contributed by atoms with Crippen LogP contribution in [0.5, 0.6) is 0 Å². The molecule has 2 aliphatic rings. The van der Waals surface area contributed by atoms with Crippen molar-refractivity contribution in [3.8, 4) is 0 Å². The number of nitrogens with zero attached hydrogens (tertiary/aromatic N) is 1. The van der Waals surface area contributed by atoms with Crippen LogP contribution in [0.25, 0.3) is 0 Å². The SMILES string of the molecule is O=C(O)CCC1CCN(c2ccc3c(c2)CCCC3)C1. The minimum Gasteiger partial charge on any atom is -0.481 e. The Kier molecular flexibility index (Phi) is 3.95. The van der Waals surface area contributed by atoms with Gasteiger partial charge in [0.2, 0.25) is 0 Å². The number of aliphatic carboxylic acids is 1. The van der Waals surface area contributed by atoms with Crippen molar-refractivity contribution in [1.29, 1.82) is 0 Å². The molecular weight excluding hydrogens is 250 g/mol. The van der Waals surface area contributed by atoms with Crippen molar-refractivity contribution in [1.82, 2.24) is 0 Å². The molecule has 3 heteroatoms. The van der Waals surface area contributed by atoms with Gasteiger partial charge in [-0.15, -0.1) is 0 Å². The van der Waals surface area contributed by atoms with Gasteiger partial charge in [-0.1, -0.05) is 6.07 Å². The first-order chi connectivity index (χ1) is 9.72. The number of carbonyl (C=O) groups is 1. The Morgan fingerprint density at radius 1 is 1.25 bits per heavy atom. The first kappa shape index (κ1) is 13.5. The molecule has 1 aromatic carbocycles. The second-order valence-electron chi connectivity index (χ2n) is 6.19. The minimum atomic E-state index is -0.669. The van der Waals surface area contributed by atoms with Crippen LogP contribution in [0.15, 0.2) is 18.2 Å². The maximum Gasteiger partial charge on any atom is 0.303 e. The van der Waals surface area contributed by atoms with Gasteiger partial charge in [0.05, 0.1) is 0 Å². The molecule has 3 nitrogen and oxygen atoms in total. The summed E-state index contributed by atoms with van der Waals surface area (Å²) in [4.78, 5) is 13.1. The molecule has 0 bridgehead atoms. The number of hydrogen-bond donors (Lipinski definition) is 1. The molecule has 1 aliphatic carbocycles. The molecule has 1 saturated heterocycles. The van der Waals surface area contributed by atoms with Crippen molar-refractivity contribution in [2.24, 2.45) is 5.92 Å². The monoisotopic (exact) mass is 273 g/mol. The molecule has 3 rings (SSSR count). The smallest absolute Gasteiger partial charge is 0.303 e. The Bertz CT molecular complexity index is 498. The van der Waals surface area contributed by atoms with Crippen molar-refractivity contribution >= 4 is 11.7 Å². The van der Waals surface area contributed by atoms with E-state index in [0.717, 1.165) is 25.9 Å². The van der Waals surface area contributed by atoms with Gasteiger partial charge >= 0.3 is 5.97 Å². The lowest BCUT2D eigenvalue weighted by Gasteiger charge is -2.22. The van der Waals surface area contributed by atoms with E-state index in [1.54, 1.807) is 0 Å². The van der Waals surface area contributed by atoms with Crippen LogP contribution in [-0.4, -0.2) is 24.2 Å². The number of carboxylic acids is 1. The van der Waals surface area contributed by atoms with Gasteiger partial charge in [-0.2, -0.15) is 0 Å². The van der Waals surface area contributed by atoms with Gasteiger partial charge in [0.15, 0.2) is 0 Å². The maximum absolute atomic E-state index is 10.7. The van der Waals surface area contributed by atoms with Gasteiger partial charge in [-0.3, -0.25) is 4.79 Å². The van der Waals surface area contributed by atoms with Gasteiger partial charge in [0, 0.05) is 25.2 Å². The van der Waals surface area contributed by atoms with E-state index in [2.05, 4.69) is 23.1 Å². The van der Waals surface area contributed by atoms with E-state index in [4.69, 9.17) is 5.11 Å². The molecule has 1 atom stereocenters. The third-order valence-electron chi connectivity index (χ3n) is 4.75.